The smallest absolute Gasteiger partial charge is 0.331 e. The molecule has 0 N–H and O–H groups in total. The number of hydrogen-bond donors (Lipinski definition) is 0. The Morgan fingerprint density at radius 1 is 1.18 bits per heavy atom. The first-order valence-electron chi connectivity index (χ1n) is 4.79. The van der Waals surface area contributed by atoms with Gasteiger partial charge in [0.2, 0.25) is 11.1 Å². The fourth-order valence-electron chi connectivity index (χ4n) is 1.11. The molecule has 0 saturated heterocycles. The van der Waals surface area contributed by atoms with E-state index in [1.165, 1.54) is 12.4 Å². The van der Waals surface area contributed by atoms with Crippen molar-refractivity contribution in [2.75, 3.05) is 0 Å². The van der Waals surface area contributed by atoms with Crippen LogP contribution < -0.4 is 4.18 Å². The molecule has 1 aromatic carbocycles. The Kier molecular flexibility index (Phi) is 3.86. The molecule has 2 rings (SSSR count). The van der Waals surface area contributed by atoms with Crippen LogP contribution in [0.2, 0.25) is 0 Å². The van der Waals surface area contributed by atoms with Gasteiger partial charge in [0.05, 0.1) is 9.37 Å². The number of aromatic nitrogens is 2. The molecule has 0 aliphatic rings. The van der Waals surface area contributed by atoms with Crippen LogP contribution in [0.5, 0.6) is 6.01 Å². The third kappa shape index (κ3) is 3.34. The summed E-state index contributed by atoms with van der Waals surface area (Å²) in [4.78, 5) is 8.36. The number of nitrogens with zero attached hydrogens (tertiary/aromatic N) is 2. The van der Waals surface area contributed by atoms with Crippen molar-refractivity contribution < 1.29 is 8.39 Å². The molecule has 0 fully saturated rings. The lowest BCUT2D eigenvalue weighted by Gasteiger charge is -2.02. The molecule has 0 saturated carbocycles. The van der Waals surface area contributed by atoms with Gasteiger partial charge in [-0.1, -0.05) is 17.7 Å². The largest absolute Gasteiger partial charge is 0.358 e. The van der Waals surface area contributed by atoms with Crippen LogP contribution >= 0.6 is 15.9 Å². The van der Waals surface area contributed by atoms with E-state index >= 15 is 0 Å². The molecule has 1 heterocycles. The molecule has 6 heteroatoms. The van der Waals surface area contributed by atoms with Gasteiger partial charge in [0.25, 0.3) is 0 Å². The molecule has 17 heavy (non-hydrogen) atoms. The van der Waals surface area contributed by atoms with E-state index in [9.17, 15) is 4.21 Å². The quantitative estimate of drug-likeness (QED) is 0.874. The van der Waals surface area contributed by atoms with Crippen LogP contribution in [0.4, 0.5) is 0 Å². The summed E-state index contributed by atoms with van der Waals surface area (Å²) in [5.74, 6) is 0. The van der Waals surface area contributed by atoms with E-state index in [1.54, 1.807) is 12.1 Å². The van der Waals surface area contributed by atoms with Crippen molar-refractivity contribution >= 4 is 27.0 Å². The predicted molar refractivity (Wildman–Crippen MR) is 67.9 cm³/mol. The molecular weight excluding hydrogens is 304 g/mol. The van der Waals surface area contributed by atoms with Crippen LogP contribution in [0.3, 0.4) is 0 Å². The van der Waals surface area contributed by atoms with Crippen molar-refractivity contribution in [2.24, 2.45) is 0 Å². The second-order valence-electron chi connectivity index (χ2n) is 3.31. The summed E-state index contributed by atoms with van der Waals surface area (Å²) in [6.07, 6.45) is 3.07. The van der Waals surface area contributed by atoms with Gasteiger partial charge in [-0.15, -0.1) is 0 Å². The molecule has 1 atom stereocenters. The van der Waals surface area contributed by atoms with Crippen molar-refractivity contribution in [3.63, 3.8) is 0 Å². The Hall–Kier alpha value is -1.27. The molecule has 4 nitrogen and oxygen atoms in total. The van der Waals surface area contributed by atoms with Crippen molar-refractivity contribution in [3.05, 3.63) is 46.7 Å². The molecule has 0 radical (unpaired) electrons. The van der Waals surface area contributed by atoms with Crippen molar-refractivity contribution in [3.8, 4) is 6.01 Å². The molecule has 88 valence electrons. The van der Waals surface area contributed by atoms with Gasteiger partial charge in [-0.05, 0) is 35.0 Å². The van der Waals surface area contributed by atoms with Crippen LogP contribution in [0.15, 0.2) is 46.0 Å². The number of hydrogen-bond acceptors (Lipinski definition) is 4. The Morgan fingerprint density at radius 3 is 2.35 bits per heavy atom. The zero-order valence-corrected chi connectivity index (χ0v) is 11.4. The maximum Gasteiger partial charge on any atom is 0.331 e. The fourth-order valence-corrected chi connectivity index (χ4v) is 1.99. The summed E-state index contributed by atoms with van der Waals surface area (Å²) in [7, 11) is 0. The SMILES string of the molecule is Cc1ccc(S(=O)Oc2ncc(Br)cn2)cc1. The van der Waals surface area contributed by atoms with E-state index in [0.29, 0.717) is 4.90 Å². The van der Waals surface area contributed by atoms with Gasteiger partial charge in [-0.25, -0.2) is 14.2 Å². The van der Waals surface area contributed by atoms with Gasteiger partial charge in [-0.2, -0.15) is 0 Å². The van der Waals surface area contributed by atoms with E-state index in [2.05, 4.69) is 25.9 Å². The molecule has 1 unspecified atom stereocenters. The van der Waals surface area contributed by atoms with Crippen molar-refractivity contribution in [1.29, 1.82) is 0 Å². The minimum absolute atomic E-state index is 0.0899. The molecule has 0 aliphatic carbocycles. The zero-order chi connectivity index (χ0) is 12.3. The van der Waals surface area contributed by atoms with Gasteiger partial charge in [0.15, 0.2) is 0 Å². The minimum atomic E-state index is -1.59. The second-order valence-corrected chi connectivity index (χ2v) is 5.34. The molecule has 0 bridgehead atoms. The standard InChI is InChI=1S/C11H9BrN2O2S/c1-8-2-4-10(5-3-8)17(15)16-11-13-6-9(12)7-14-11/h2-7H,1H3. The first-order chi connectivity index (χ1) is 8.15. The van der Waals surface area contributed by atoms with E-state index in [1.807, 2.05) is 19.1 Å². The lowest BCUT2D eigenvalue weighted by Crippen LogP contribution is -2.03. The molecule has 0 amide bonds. The van der Waals surface area contributed by atoms with E-state index < -0.39 is 11.1 Å². The summed E-state index contributed by atoms with van der Waals surface area (Å²) in [5.41, 5.74) is 1.10. The van der Waals surface area contributed by atoms with Gasteiger partial charge in [0.1, 0.15) is 0 Å². The minimum Gasteiger partial charge on any atom is -0.358 e. The normalized spacial score (nSPS) is 12.1. The van der Waals surface area contributed by atoms with Crippen molar-refractivity contribution in [2.45, 2.75) is 11.8 Å². The van der Waals surface area contributed by atoms with Crippen LogP contribution in [0, 0.1) is 6.92 Å². The van der Waals surface area contributed by atoms with Crippen LogP contribution in [-0.2, 0) is 11.1 Å². The maximum absolute atomic E-state index is 11.8. The highest BCUT2D eigenvalue weighted by molar-refractivity contribution is 9.10. The molecular formula is C11H9BrN2O2S. The maximum atomic E-state index is 11.8. The number of rotatable bonds is 3. The third-order valence-electron chi connectivity index (χ3n) is 1.96. The van der Waals surface area contributed by atoms with E-state index in [4.69, 9.17) is 4.18 Å². The average molecular weight is 313 g/mol. The topological polar surface area (TPSA) is 52.1 Å². The van der Waals surface area contributed by atoms with E-state index in [-0.39, 0.29) is 6.01 Å². The average Bonchev–Trinajstić information content (AvgIpc) is 2.33. The second kappa shape index (κ2) is 5.37. The predicted octanol–water partition coefficient (Wildman–Crippen LogP) is 2.65. The van der Waals surface area contributed by atoms with Gasteiger partial charge < -0.3 is 4.18 Å². The number of aryl methyl sites for hydroxylation is 1. The summed E-state index contributed by atoms with van der Waals surface area (Å²) >= 11 is 1.62. The molecule has 0 spiro atoms. The van der Waals surface area contributed by atoms with Crippen molar-refractivity contribution in [1.82, 2.24) is 9.97 Å². The summed E-state index contributed by atoms with van der Waals surface area (Å²) in [5, 5.41) is 0. The summed E-state index contributed by atoms with van der Waals surface area (Å²) in [6, 6.07) is 7.35. The Bertz CT molecular complexity index is 528. The van der Waals surface area contributed by atoms with E-state index in [0.717, 1.165) is 10.0 Å². The zero-order valence-electron chi connectivity index (χ0n) is 8.96. The molecule has 1 aromatic heterocycles. The monoisotopic (exact) mass is 312 g/mol. The van der Waals surface area contributed by atoms with Crippen LogP contribution in [0.25, 0.3) is 0 Å². The first kappa shape index (κ1) is 12.2. The lowest BCUT2D eigenvalue weighted by molar-refractivity contribution is 0.526. The fraction of sp³-hybridized carbons (Fsp3) is 0.0909. The van der Waals surface area contributed by atoms with Crippen LogP contribution in [0.1, 0.15) is 5.56 Å². The van der Waals surface area contributed by atoms with Gasteiger partial charge in [0, 0.05) is 12.4 Å². The van der Waals surface area contributed by atoms with Gasteiger partial charge >= 0.3 is 6.01 Å². The number of benzene rings is 1. The van der Waals surface area contributed by atoms with Gasteiger partial charge in [-0.3, -0.25) is 0 Å². The Labute approximate surface area is 110 Å². The van der Waals surface area contributed by atoms with Crippen LogP contribution in [-0.4, -0.2) is 14.2 Å². The highest BCUT2D eigenvalue weighted by atomic mass is 79.9. The highest BCUT2D eigenvalue weighted by Gasteiger charge is 2.07. The molecule has 2 aromatic rings. The molecule has 0 aliphatic heterocycles. The summed E-state index contributed by atoms with van der Waals surface area (Å²) < 4.78 is 17.7. The lowest BCUT2D eigenvalue weighted by atomic mass is 10.2. The highest BCUT2D eigenvalue weighted by Crippen LogP contribution is 2.13. The third-order valence-corrected chi connectivity index (χ3v) is 3.33. The Balaban J connectivity index is 2.11. The first-order valence-corrected chi connectivity index (χ1v) is 6.66. The Morgan fingerprint density at radius 2 is 1.76 bits per heavy atom. The summed E-state index contributed by atoms with van der Waals surface area (Å²) in [6.45, 7) is 1.96. The number of halogens is 1.